The highest BCUT2D eigenvalue weighted by Gasteiger charge is 2.24. The van der Waals surface area contributed by atoms with Gasteiger partial charge in [-0.15, -0.1) is 0 Å². The van der Waals surface area contributed by atoms with E-state index in [4.69, 9.17) is 4.74 Å². The summed E-state index contributed by atoms with van der Waals surface area (Å²) in [7, 11) is 1.60. The molecule has 0 unspecified atom stereocenters. The Labute approximate surface area is 127 Å². The molecule has 2 fully saturated rings. The molecule has 0 N–H and O–H groups in total. The second-order valence-electron chi connectivity index (χ2n) is 6.18. The highest BCUT2D eigenvalue weighted by molar-refractivity contribution is 5.07. The van der Waals surface area contributed by atoms with Gasteiger partial charge in [-0.1, -0.05) is 12.8 Å². The molecule has 116 valence electrons. The van der Waals surface area contributed by atoms with Gasteiger partial charge >= 0.3 is 6.01 Å². The molecular weight excluding hydrogens is 264 g/mol. The van der Waals surface area contributed by atoms with Gasteiger partial charge < -0.3 is 4.74 Å². The fraction of sp³-hybridized carbons (Fsp3) is 0.750. The number of rotatable bonds is 4. The van der Waals surface area contributed by atoms with Crippen LogP contribution in [0.25, 0.3) is 0 Å². The van der Waals surface area contributed by atoms with Gasteiger partial charge in [0.2, 0.25) is 0 Å². The van der Waals surface area contributed by atoms with Gasteiger partial charge in [-0.3, -0.25) is 9.80 Å². The van der Waals surface area contributed by atoms with Crippen molar-refractivity contribution in [2.45, 2.75) is 44.7 Å². The maximum absolute atomic E-state index is 5.01. The lowest BCUT2D eigenvalue weighted by molar-refractivity contribution is 0.198. The first kappa shape index (κ1) is 14.7. The highest BCUT2D eigenvalue weighted by atomic mass is 16.5. The van der Waals surface area contributed by atoms with Crippen LogP contribution in [0.4, 0.5) is 0 Å². The molecular formula is C16H26N4O. The van der Waals surface area contributed by atoms with Crippen LogP contribution in [0.5, 0.6) is 6.01 Å². The summed E-state index contributed by atoms with van der Waals surface area (Å²) >= 11 is 0. The number of ether oxygens (including phenoxy) is 1. The number of aromatic nitrogens is 2. The Morgan fingerprint density at radius 3 is 2.52 bits per heavy atom. The molecule has 0 atom stereocenters. The Morgan fingerprint density at radius 1 is 1.05 bits per heavy atom. The molecule has 1 aliphatic heterocycles. The van der Waals surface area contributed by atoms with E-state index in [-0.39, 0.29) is 0 Å². The molecule has 1 aromatic rings. The van der Waals surface area contributed by atoms with Gasteiger partial charge in [0, 0.05) is 43.6 Å². The Balaban J connectivity index is 1.52. The maximum atomic E-state index is 5.01. The Bertz CT molecular complexity index is 430. The van der Waals surface area contributed by atoms with Crippen molar-refractivity contribution < 1.29 is 4.74 Å². The Hall–Kier alpha value is -1.20. The number of hydrogen-bond donors (Lipinski definition) is 0. The molecule has 0 radical (unpaired) electrons. The largest absolute Gasteiger partial charge is 0.467 e. The van der Waals surface area contributed by atoms with Gasteiger partial charge in [0.15, 0.2) is 0 Å². The predicted molar refractivity (Wildman–Crippen MR) is 82.3 cm³/mol. The molecule has 0 amide bonds. The number of methoxy groups -OCH3 is 1. The summed E-state index contributed by atoms with van der Waals surface area (Å²) in [6, 6.07) is 1.30. The van der Waals surface area contributed by atoms with Crippen molar-refractivity contribution in [1.82, 2.24) is 19.8 Å². The smallest absolute Gasteiger partial charge is 0.316 e. The summed E-state index contributed by atoms with van der Waals surface area (Å²) in [6.07, 6.45) is 10.7. The summed E-state index contributed by atoms with van der Waals surface area (Å²) in [5, 5.41) is 0. The van der Waals surface area contributed by atoms with E-state index in [0.29, 0.717) is 6.01 Å². The van der Waals surface area contributed by atoms with Crippen molar-refractivity contribution in [2.75, 3.05) is 33.3 Å². The predicted octanol–water partition coefficient (Wildman–Crippen LogP) is 1.94. The summed E-state index contributed by atoms with van der Waals surface area (Å²) in [6.45, 7) is 5.75. The zero-order chi connectivity index (χ0) is 14.5. The van der Waals surface area contributed by atoms with Gasteiger partial charge in [-0.25, -0.2) is 9.97 Å². The summed E-state index contributed by atoms with van der Waals surface area (Å²) in [5.74, 6) is 0. The fourth-order valence-corrected chi connectivity index (χ4v) is 3.57. The quantitative estimate of drug-likeness (QED) is 0.847. The maximum Gasteiger partial charge on any atom is 0.316 e. The van der Waals surface area contributed by atoms with E-state index in [1.165, 1.54) is 57.3 Å². The molecule has 1 aromatic heterocycles. The van der Waals surface area contributed by atoms with Crippen LogP contribution in [0.2, 0.25) is 0 Å². The number of nitrogens with zero attached hydrogens (tertiary/aromatic N) is 4. The van der Waals surface area contributed by atoms with Crippen LogP contribution in [-0.2, 0) is 6.54 Å². The lowest BCUT2D eigenvalue weighted by atomic mass is 10.2. The minimum atomic E-state index is 0.446. The SMILES string of the molecule is COc1ncc(CN2CCCN(C3CCCC3)CC2)cn1. The fourth-order valence-electron chi connectivity index (χ4n) is 3.57. The van der Waals surface area contributed by atoms with Gasteiger partial charge in [-0.05, 0) is 32.4 Å². The van der Waals surface area contributed by atoms with E-state index in [1.54, 1.807) is 7.11 Å². The average Bonchev–Trinajstić information content (AvgIpc) is 2.96. The first-order chi connectivity index (χ1) is 10.3. The third-order valence-corrected chi connectivity index (χ3v) is 4.73. The normalized spacial score (nSPS) is 22.3. The number of hydrogen-bond acceptors (Lipinski definition) is 5. The van der Waals surface area contributed by atoms with E-state index in [1.807, 2.05) is 12.4 Å². The van der Waals surface area contributed by atoms with Gasteiger partial charge in [0.25, 0.3) is 0 Å². The molecule has 2 aliphatic rings. The monoisotopic (exact) mass is 290 g/mol. The second kappa shape index (κ2) is 7.18. The molecule has 21 heavy (non-hydrogen) atoms. The topological polar surface area (TPSA) is 41.5 Å². The lowest BCUT2D eigenvalue weighted by Crippen LogP contribution is -2.36. The molecule has 3 rings (SSSR count). The van der Waals surface area contributed by atoms with E-state index >= 15 is 0 Å². The lowest BCUT2D eigenvalue weighted by Gasteiger charge is -2.27. The molecule has 5 heteroatoms. The van der Waals surface area contributed by atoms with Crippen LogP contribution in [-0.4, -0.2) is 59.1 Å². The minimum absolute atomic E-state index is 0.446. The van der Waals surface area contributed by atoms with Crippen molar-refractivity contribution in [3.8, 4) is 6.01 Å². The van der Waals surface area contributed by atoms with Crippen molar-refractivity contribution >= 4 is 0 Å². The minimum Gasteiger partial charge on any atom is -0.467 e. The van der Waals surface area contributed by atoms with E-state index in [2.05, 4.69) is 19.8 Å². The van der Waals surface area contributed by atoms with E-state index in [9.17, 15) is 0 Å². The van der Waals surface area contributed by atoms with Crippen molar-refractivity contribution in [3.05, 3.63) is 18.0 Å². The van der Waals surface area contributed by atoms with E-state index in [0.717, 1.165) is 19.1 Å². The average molecular weight is 290 g/mol. The molecule has 5 nitrogen and oxygen atoms in total. The molecule has 0 spiro atoms. The van der Waals surface area contributed by atoms with Crippen LogP contribution in [0.1, 0.15) is 37.7 Å². The Kier molecular flexibility index (Phi) is 5.04. The van der Waals surface area contributed by atoms with Gasteiger partial charge in [0.1, 0.15) is 0 Å². The second-order valence-corrected chi connectivity index (χ2v) is 6.18. The third-order valence-electron chi connectivity index (χ3n) is 4.73. The Morgan fingerprint density at radius 2 is 1.81 bits per heavy atom. The summed E-state index contributed by atoms with van der Waals surface area (Å²) in [5.41, 5.74) is 1.17. The van der Waals surface area contributed by atoms with Crippen LogP contribution < -0.4 is 4.74 Å². The molecule has 1 aliphatic carbocycles. The van der Waals surface area contributed by atoms with Crippen molar-refractivity contribution in [3.63, 3.8) is 0 Å². The highest BCUT2D eigenvalue weighted by Crippen LogP contribution is 2.24. The van der Waals surface area contributed by atoms with Crippen LogP contribution in [0.15, 0.2) is 12.4 Å². The first-order valence-electron chi connectivity index (χ1n) is 8.16. The zero-order valence-corrected chi connectivity index (χ0v) is 13.0. The first-order valence-corrected chi connectivity index (χ1v) is 8.16. The van der Waals surface area contributed by atoms with Crippen LogP contribution in [0, 0.1) is 0 Å². The van der Waals surface area contributed by atoms with Crippen molar-refractivity contribution in [1.29, 1.82) is 0 Å². The van der Waals surface area contributed by atoms with Gasteiger partial charge in [-0.2, -0.15) is 0 Å². The van der Waals surface area contributed by atoms with Crippen LogP contribution >= 0.6 is 0 Å². The standard InChI is InChI=1S/C16H26N4O/c1-21-16-17-11-14(12-18-16)13-19-7-4-8-20(10-9-19)15-5-2-3-6-15/h11-12,15H,2-10,13H2,1H3. The zero-order valence-electron chi connectivity index (χ0n) is 13.0. The molecule has 0 aromatic carbocycles. The summed E-state index contributed by atoms with van der Waals surface area (Å²) < 4.78 is 5.01. The molecule has 2 heterocycles. The molecule has 1 saturated carbocycles. The van der Waals surface area contributed by atoms with E-state index < -0.39 is 0 Å². The third kappa shape index (κ3) is 3.92. The molecule has 0 bridgehead atoms. The van der Waals surface area contributed by atoms with Crippen molar-refractivity contribution in [2.24, 2.45) is 0 Å². The van der Waals surface area contributed by atoms with Crippen LogP contribution in [0.3, 0.4) is 0 Å². The summed E-state index contributed by atoms with van der Waals surface area (Å²) in [4.78, 5) is 13.6. The van der Waals surface area contributed by atoms with Gasteiger partial charge in [0.05, 0.1) is 7.11 Å². The molecule has 1 saturated heterocycles.